The van der Waals surface area contributed by atoms with E-state index < -0.39 is 55.2 Å². The summed E-state index contributed by atoms with van der Waals surface area (Å²) in [6.07, 6.45) is 0.347. The third kappa shape index (κ3) is 12.7. The molecule has 1 amide bonds. The number of alkyl halides is 3. The second-order valence-electron chi connectivity index (χ2n) is 9.75. The van der Waals surface area contributed by atoms with Crippen LogP contribution in [0.3, 0.4) is 0 Å². The standard InChI is InChI=1S/C15H36F3NO6SSi4/c1-27(2,3)23-29(7,8)25-30(9,24-28(4,5)6)13-11-10-12-14(20)19-26(21,22)15(16,17)18/h10-13H2,1-9H3,(H,19,20). The molecular formula is C15H36F3NO6SSi4. The maximum absolute atomic E-state index is 12.3. The number of rotatable bonds is 12. The summed E-state index contributed by atoms with van der Waals surface area (Å²) in [5.41, 5.74) is -5.51. The van der Waals surface area contributed by atoms with Gasteiger partial charge >= 0.3 is 32.7 Å². The summed E-state index contributed by atoms with van der Waals surface area (Å²) in [5.74, 6) is -1.18. The first-order valence-corrected chi connectivity index (χ1v) is 23.3. The zero-order chi connectivity index (χ0) is 24.2. The van der Waals surface area contributed by atoms with Crippen LogP contribution in [-0.4, -0.2) is 53.6 Å². The van der Waals surface area contributed by atoms with E-state index in [2.05, 4.69) is 19.6 Å². The number of amides is 1. The highest BCUT2D eigenvalue weighted by atomic mass is 32.2. The summed E-state index contributed by atoms with van der Waals surface area (Å²) in [6.45, 7) is 18.3. The quantitative estimate of drug-likeness (QED) is 0.294. The highest BCUT2D eigenvalue weighted by Gasteiger charge is 2.47. The van der Waals surface area contributed by atoms with Crippen molar-refractivity contribution in [3.63, 3.8) is 0 Å². The summed E-state index contributed by atoms with van der Waals surface area (Å²) in [4.78, 5) is 11.6. The fourth-order valence-corrected chi connectivity index (χ4v) is 21.6. The van der Waals surface area contributed by atoms with Gasteiger partial charge in [-0.3, -0.25) is 4.79 Å². The normalized spacial score (nSPS) is 16.3. The number of hydrogen-bond acceptors (Lipinski definition) is 6. The molecule has 1 atom stereocenters. The molecule has 180 valence electrons. The fourth-order valence-electron chi connectivity index (χ4n) is 3.04. The smallest absolute Gasteiger partial charge is 0.437 e. The predicted octanol–water partition coefficient (Wildman–Crippen LogP) is 4.62. The van der Waals surface area contributed by atoms with Crippen LogP contribution in [0.1, 0.15) is 19.3 Å². The zero-order valence-corrected chi connectivity index (χ0v) is 24.1. The number of sulfonamides is 1. The van der Waals surface area contributed by atoms with E-state index in [4.69, 9.17) is 12.3 Å². The minimum absolute atomic E-state index is 0.219. The van der Waals surface area contributed by atoms with Gasteiger partial charge in [0, 0.05) is 6.42 Å². The van der Waals surface area contributed by atoms with Gasteiger partial charge in [-0.25, -0.2) is 4.72 Å². The van der Waals surface area contributed by atoms with Crippen molar-refractivity contribution in [1.82, 2.24) is 4.72 Å². The molecule has 0 aromatic rings. The number of hydrogen-bond donors (Lipinski definition) is 1. The Hall–Kier alpha value is -0.0425. The van der Waals surface area contributed by atoms with Gasteiger partial charge in [0.05, 0.1) is 0 Å². The molecular weight excluding hydrogens is 492 g/mol. The van der Waals surface area contributed by atoms with Gasteiger partial charge in [0.1, 0.15) is 0 Å². The van der Waals surface area contributed by atoms with Crippen molar-refractivity contribution < 1.29 is 38.7 Å². The Morgan fingerprint density at radius 2 is 1.30 bits per heavy atom. The monoisotopic (exact) mass is 527 g/mol. The van der Waals surface area contributed by atoms with Gasteiger partial charge in [-0.15, -0.1) is 0 Å². The highest BCUT2D eigenvalue weighted by Crippen LogP contribution is 2.28. The minimum atomic E-state index is -5.67. The summed E-state index contributed by atoms with van der Waals surface area (Å²) >= 11 is 0. The number of halogens is 3. The Bertz CT molecular complexity index is 692. The van der Waals surface area contributed by atoms with Crippen LogP contribution in [-0.2, 0) is 27.2 Å². The van der Waals surface area contributed by atoms with Crippen LogP contribution in [0.15, 0.2) is 0 Å². The Kier molecular flexibility index (Phi) is 10.3. The van der Waals surface area contributed by atoms with Gasteiger partial charge < -0.3 is 12.3 Å². The fraction of sp³-hybridized carbons (Fsp3) is 0.933. The number of carbonyl (C=O) groups is 1. The van der Waals surface area contributed by atoms with Crippen molar-refractivity contribution >= 4 is 49.7 Å². The maximum atomic E-state index is 12.3. The van der Waals surface area contributed by atoms with Crippen molar-refractivity contribution in [2.75, 3.05) is 0 Å². The van der Waals surface area contributed by atoms with E-state index in [-0.39, 0.29) is 12.8 Å². The Labute approximate surface area is 182 Å². The highest BCUT2D eigenvalue weighted by molar-refractivity contribution is 7.90. The topological polar surface area (TPSA) is 90.9 Å². The largest absolute Gasteiger partial charge is 0.516 e. The minimum Gasteiger partial charge on any atom is -0.437 e. The van der Waals surface area contributed by atoms with Crippen molar-refractivity contribution in [3.05, 3.63) is 0 Å². The molecule has 0 heterocycles. The molecule has 1 unspecified atom stereocenters. The third-order valence-corrected chi connectivity index (χ3v) is 18.0. The van der Waals surface area contributed by atoms with Gasteiger partial charge in [0.25, 0.3) is 0 Å². The molecule has 7 nitrogen and oxygen atoms in total. The van der Waals surface area contributed by atoms with E-state index in [1.807, 2.05) is 39.3 Å². The molecule has 30 heavy (non-hydrogen) atoms. The second-order valence-corrected chi connectivity index (χ2v) is 27.9. The van der Waals surface area contributed by atoms with Crippen LogP contribution in [0, 0.1) is 0 Å². The molecule has 0 aliphatic rings. The van der Waals surface area contributed by atoms with Crippen LogP contribution in [0.25, 0.3) is 0 Å². The molecule has 0 aromatic carbocycles. The van der Waals surface area contributed by atoms with Gasteiger partial charge in [-0.1, -0.05) is 6.42 Å². The van der Waals surface area contributed by atoms with E-state index >= 15 is 0 Å². The molecule has 1 N–H and O–H groups in total. The maximum Gasteiger partial charge on any atom is 0.516 e. The van der Waals surface area contributed by atoms with Gasteiger partial charge in [0.2, 0.25) is 5.91 Å². The Balaban J connectivity index is 4.99. The summed E-state index contributed by atoms with van der Waals surface area (Å²) < 4.78 is 79.2. The lowest BCUT2D eigenvalue weighted by Gasteiger charge is -2.41. The molecule has 0 aromatic heterocycles. The third-order valence-electron chi connectivity index (χ3n) is 3.37. The van der Waals surface area contributed by atoms with Crippen molar-refractivity contribution in [2.45, 2.75) is 89.7 Å². The van der Waals surface area contributed by atoms with Crippen molar-refractivity contribution in [1.29, 1.82) is 0 Å². The van der Waals surface area contributed by atoms with E-state index in [1.165, 1.54) is 0 Å². The van der Waals surface area contributed by atoms with Crippen LogP contribution in [0.5, 0.6) is 0 Å². The predicted molar refractivity (Wildman–Crippen MR) is 121 cm³/mol. The number of nitrogens with one attached hydrogen (secondary N) is 1. The summed E-state index contributed by atoms with van der Waals surface area (Å²) in [5, 5.41) is 0. The van der Waals surface area contributed by atoms with Crippen molar-refractivity contribution in [2.24, 2.45) is 0 Å². The van der Waals surface area contributed by atoms with Gasteiger partial charge in [-0.2, -0.15) is 21.6 Å². The van der Waals surface area contributed by atoms with Crippen LogP contribution >= 0.6 is 0 Å². The molecule has 0 radical (unpaired) electrons. The molecule has 0 aliphatic carbocycles. The first kappa shape index (κ1) is 30.0. The molecule has 0 bridgehead atoms. The lowest BCUT2D eigenvalue weighted by molar-refractivity contribution is -0.120. The zero-order valence-electron chi connectivity index (χ0n) is 19.3. The Morgan fingerprint density at radius 3 is 1.70 bits per heavy atom. The van der Waals surface area contributed by atoms with Gasteiger partial charge in [-0.05, 0) is 71.4 Å². The van der Waals surface area contributed by atoms with Crippen LogP contribution in [0.2, 0.25) is 65.0 Å². The van der Waals surface area contributed by atoms with Crippen LogP contribution in [0.4, 0.5) is 13.2 Å². The van der Waals surface area contributed by atoms with E-state index in [0.29, 0.717) is 12.5 Å². The summed E-state index contributed by atoms with van der Waals surface area (Å²) in [7, 11) is -14.6. The second kappa shape index (κ2) is 10.3. The molecule has 0 spiro atoms. The molecule has 0 saturated heterocycles. The average Bonchev–Trinajstić information content (AvgIpc) is 2.35. The molecule has 0 rings (SSSR count). The molecule has 0 fully saturated rings. The first-order valence-electron chi connectivity index (χ1n) is 9.69. The molecule has 0 saturated carbocycles. The van der Waals surface area contributed by atoms with E-state index in [0.717, 1.165) is 4.72 Å². The van der Waals surface area contributed by atoms with Crippen molar-refractivity contribution in [3.8, 4) is 0 Å². The number of unbranched alkanes of at least 4 members (excludes halogenated alkanes) is 1. The van der Waals surface area contributed by atoms with E-state index in [1.54, 1.807) is 0 Å². The molecule has 0 aliphatic heterocycles. The van der Waals surface area contributed by atoms with Gasteiger partial charge in [0.15, 0.2) is 16.6 Å². The summed E-state index contributed by atoms with van der Waals surface area (Å²) in [6, 6.07) is 0.530. The Morgan fingerprint density at radius 1 is 0.833 bits per heavy atom. The molecule has 15 heteroatoms. The average molecular weight is 528 g/mol. The van der Waals surface area contributed by atoms with E-state index in [9.17, 15) is 26.4 Å². The lowest BCUT2D eigenvalue weighted by Crippen LogP contribution is -2.56. The SMILES string of the molecule is C[Si](C)(C)O[Si](C)(C)O[Si](C)(CCCCC(=O)NS(=O)(=O)C(F)(F)F)O[Si](C)(C)C. The number of carbonyl (C=O) groups excluding carboxylic acids is 1. The first-order chi connectivity index (χ1) is 13.0. The lowest BCUT2D eigenvalue weighted by atomic mass is 10.2. The van der Waals surface area contributed by atoms with Crippen LogP contribution < -0.4 is 4.72 Å².